The molecule has 1 aliphatic heterocycles. The maximum atomic E-state index is 13.6. The molecule has 0 aromatic heterocycles. The molecule has 1 aromatic carbocycles. The summed E-state index contributed by atoms with van der Waals surface area (Å²) in [6.45, 7) is 5.42. The standard InChI is InChI=1S/C16H22F2N2O/c1-2-19-11-12-6-8-20(9-7-12)15(21)10-13-4-3-5-14(17)16(13)18/h3-5,12,19H,2,6-11H2,1H3. The van der Waals surface area contributed by atoms with E-state index in [2.05, 4.69) is 12.2 Å². The molecule has 0 atom stereocenters. The molecule has 5 heteroatoms. The van der Waals surface area contributed by atoms with Crippen LogP contribution in [0.5, 0.6) is 0 Å². The number of benzene rings is 1. The second kappa shape index (κ2) is 7.50. The number of hydrogen-bond donors (Lipinski definition) is 1. The smallest absolute Gasteiger partial charge is 0.227 e. The van der Waals surface area contributed by atoms with Gasteiger partial charge in [-0.25, -0.2) is 8.78 Å². The minimum Gasteiger partial charge on any atom is -0.342 e. The lowest BCUT2D eigenvalue weighted by Crippen LogP contribution is -2.41. The maximum absolute atomic E-state index is 13.6. The number of likely N-dealkylation sites (tertiary alicyclic amines) is 1. The lowest BCUT2D eigenvalue weighted by Gasteiger charge is -2.32. The molecular weight excluding hydrogens is 274 g/mol. The second-order valence-corrected chi connectivity index (χ2v) is 5.52. The zero-order chi connectivity index (χ0) is 15.2. The highest BCUT2D eigenvalue weighted by Crippen LogP contribution is 2.18. The first kappa shape index (κ1) is 15.9. The van der Waals surface area contributed by atoms with Crippen molar-refractivity contribution in [3.8, 4) is 0 Å². The van der Waals surface area contributed by atoms with Crippen molar-refractivity contribution in [2.45, 2.75) is 26.2 Å². The van der Waals surface area contributed by atoms with Gasteiger partial charge in [-0.15, -0.1) is 0 Å². The van der Waals surface area contributed by atoms with Crippen molar-refractivity contribution in [1.82, 2.24) is 10.2 Å². The van der Waals surface area contributed by atoms with Gasteiger partial charge in [0.05, 0.1) is 6.42 Å². The Bertz CT molecular complexity index is 485. The summed E-state index contributed by atoms with van der Waals surface area (Å²) in [4.78, 5) is 13.9. The molecule has 21 heavy (non-hydrogen) atoms. The fraction of sp³-hybridized carbons (Fsp3) is 0.562. The highest BCUT2D eigenvalue weighted by Gasteiger charge is 2.23. The number of halogens is 2. The summed E-state index contributed by atoms with van der Waals surface area (Å²) in [7, 11) is 0. The number of rotatable bonds is 5. The van der Waals surface area contributed by atoms with Gasteiger partial charge < -0.3 is 10.2 Å². The zero-order valence-electron chi connectivity index (χ0n) is 12.4. The summed E-state index contributed by atoms with van der Waals surface area (Å²) in [5, 5.41) is 3.32. The summed E-state index contributed by atoms with van der Waals surface area (Å²) in [5.41, 5.74) is 0.134. The molecule has 1 N–H and O–H groups in total. The van der Waals surface area contributed by atoms with Crippen LogP contribution >= 0.6 is 0 Å². The monoisotopic (exact) mass is 296 g/mol. The van der Waals surface area contributed by atoms with Gasteiger partial charge in [-0.05, 0) is 37.9 Å². The fourth-order valence-corrected chi connectivity index (χ4v) is 2.69. The Morgan fingerprint density at radius 3 is 2.71 bits per heavy atom. The number of hydrogen-bond acceptors (Lipinski definition) is 2. The molecule has 1 amide bonds. The van der Waals surface area contributed by atoms with Gasteiger partial charge in [0.15, 0.2) is 11.6 Å². The predicted octanol–water partition coefficient (Wildman–Crippen LogP) is 2.36. The van der Waals surface area contributed by atoms with Crippen molar-refractivity contribution in [2.24, 2.45) is 5.92 Å². The maximum Gasteiger partial charge on any atom is 0.227 e. The number of piperidine rings is 1. The van der Waals surface area contributed by atoms with Crippen LogP contribution in [-0.2, 0) is 11.2 Å². The molecule has 116 valence electrons. The van der Waals surface area contributed by atoms with Crippen molar-refractivity contribution in [1.29, 1.82) is 0 Å². The van der Waals surface area contributed by atoms with Crippen LogP contribution < -0.4 is 5.32 Å². The van der Waals surface area contributed by atoms with Crippen molar-refractivity contribution >= 4 is 5.91 Å². The minimum atomic E-state index is -0.909. The second-order valence-electron chi connectivity index (χ2n) is 5.52. The summed E-state index contributed by atoms with van der Waals surface area (Å²) >= 11 is 0. The molecule has 2 rings (SSSR count). The molecule has 0 saturated carbocycles. The van der Waals surface area contributed by atoms with Gasteiger partial charge in [-0.1, -0.05) is 19.1 Å². The summed E-state index contributed by atoms with van der Waals surface area (Å²) in [6.07, 6.45) is 1.86. The van der Waals surface area contributed by atoms with E-state index in [1.54, 1.807) is 4.90 Å². The van der Waals surface area contributed by atoms with E-state index in [-0.39, 0.29) is 17.9 Å². The van der Waals surface area contributed by atoms with E-state index in [0.29, 0.717) is 19.0 Å². The van der Waals surface area contributed by atoms with Gasteiger partial charge in [-0.2, -0.15) is 0 Å². The number of carbonyl (C=O) groups excluding carboxylic acids is 1. The highest BCUT2D eigenvalue weighted by molar-refractivity contribution is 5.78. The van der Waals surface area contributed by atoms with E-state index in [4.69, 9.17) is 0 Å². The molecule has 1 aromatic rings. The van der Waals surface area contributed by atoms with Crippen molar-refractivity contribution < 1.29 is 13.6 Å². The van der Waals surface area contributed by atoms with Crippen LogP contribution in [0.25, 0.3) is 0 Å². The van der Waals surface area contributed by atoms with E-state index < -0.39 is 11.6 Å². The largest absolute Gasteiger partial charge is 0.342 e. The van der Waals surface area contributed by atoms with Crippen molar-refractivity contribution in [3.05, 3.63) is 35.4 Å². The fourth-order valence-electron chi connectivity index (χ4n) is 2.69. The topological polar surface area (TPSA) is 32.3 Å². The Morgan fingerprint density at radius 2 is 2.05 bits per heavy atom. The first-order chi connectivity index (χ1) is 10.1. The van der Waals surface area contributed by atoms with Crippen LogP contribution in [0.1, 0.15) is 25.3 Å². The van der Waals surface area contributed by atoms with Crippen LogP contribution in [0.4, 0.5) is 8.78 Å². The molecule has 0 unspecified atom stereocenters. The van der Waals surface area contributed by atoms with Crippen LogP contribution in [0.2, 0.25) is 0 Å². The molecule has 0 bridgehead atoms. The summed E-state index contributed by atoms with van der Waals surface area (Å²) in [5.74, 6) is -1.33. The van der Waals surface area contributed by atoms with Gasteiger partial charge in [0.1, 0.15) is 0 Å². The van der Waals surface area contributed by atoms with E-state index in [9.17, 15) is 13.6 Å². The predicted molar refractivity (Wildman–Crippen MR) is 77.9 cm³/mol. The Balaban J connectivity index is 1.86. The third-order valence-corrected chi connectivity index (χ3v) is 4.02. The summed E-state index contributed by atoms with van der Waals surface area (Å²) in [6, 6.07) is 3.97. The van der Waals surface area contributed by atoms with Gasteiger partial charge in [0, 0.05) is 18.7 Å². The van der Waals surface area contributed by atoms with E-state index in [1.807, 2.05) is 0 Å². The van der Waals surface area contributed by atoms with E-state index in [1.165, 1.54) is 12.1 Å². The Hall–Kier alpha value is -1.49. The Kier molecular flexibility index (Phi) is 5.67. The van der Waals surface area contributed by atoms with Gasteiger partial charge in [0.2, 0.25) is 5.91 Å². The average Bonchev–Trinajstić information content (AvgIpc) is 2.50. The normalized spacial score (nSPS) is 16.2. The zero-order valence-corrected chi connectivity index (χ0v) is 12.4. The molecule has 1 fully saturated rings. The number of nitrogens with zero attached hydrogens (tertiary/aromatic N) is 1. The molecular formula is C16H22F2N2O. The third kappa shape index (κ3) is 4.24. The van der Waals surface area contributed by atoms with Crippen molar-refractivity contribution in [2.75, 3.05) is 26.2 Å². The lowest BCUT2D eigenvalue weighted by atomic mass is 9.96. The first-order valence-corrected chi connectivity index (χ1v) is 7.53. The highest BCUT2D eigenvalue weighted by atomic mass is 19.2. The minimum absolute atomic E-state index is 0.0680. The lowest BCUT2D eigenvalue weighted by molar-refractivity contribution is -0.131. The number of carbonyl (C=O) groups is 1. The van der Waals surface area contributed by atoms with Crippen LogP contribution in [0.15, 0.2) is 18.2 Å². The van der Waals surface area contributed by atoms with Crippen LogP contribution in [-0.4, -0.2) is 37.0 Å². The molecule has 1 heterocycles. The summed E-state index contributed by atoms with van der Waals surface area (Å²) < 4.78 is 26.7. The quantitative estimate of drug-likeness (QED) is 0.904. The van der Waals surface area contributed by atoms with E-state index in [0.717, 1.165) is 32.0 Å². The van der Waals surface area contributed by atoms with E-state index >= 15 is 0 Å². The molecule has 0 aliphatic carbocycles. The number of amides is 1. The first-order valence-electron chi connectivity index (χ1n) is 7.53. The molecule has 1 saturated heterocycles. The van der Waals surface area contributed by atoms with Crippen LogP contribution in [0.3, 0.4) is 0 Å². The SMILES string of the molecule is CCNCC1CCN(C(=O)Cc2cccc(F)c2F)CC1. The van der Waals surface area contributed by atoms with Gasteiger partial charge >= 0.3 is 0 Å². The number of nitrogens with one attached hydrogen (secondary N) is 1. The van der Waals surface area contributed by atoms with Crippen molar-refractivity contribution in [3.63, 3.8) is 0 Å². The third-order valence-electron chi connectivity index (χ3n) is 4.02. The van der Waals surface area contributed by atoms with Gasteiger partial charge in [-0.3, -0.25) is 4.79 Å². The average molecular weight is 296 g/mol. The molecule has 3 nitrogen and oxygen atoms in total. The molecule has 0 spiro atoms. The molecule has 0 radical (unpaired) electrons. The Labute approximate surface area is 124 Å². The van der Waals surface area contributed by atoms with Crippen LogP contribution in [0, 0.1) is 17.6 Å². The molecule has 1 aliphatic rings. The Morgan fingerprint density at radius 1 is 1.33 bits per heavy atom. The van der Waals surface area contributed by atoms with Gasteiger partial charge in [0.25, 0.3) is 0 Å².